The van der Waals surface area contributed by atoms with Crippen LogP contribution in [0.15, 0.2) is 24.3 Å². The van der Waals surface area contributed by atoms with Crippen LogP contribution in [0, 0.1) is 18.8 Å². The molecule has 1 aromatic rings. The van der Waals surface area contributed by atoms with Gasteiger partial charge in [0.1, 0.15) is 6.29 Å². The van der Waals surface area contributed by atoms with Gasteiger partial charge in [-0.25, -0.2) is 0 Å². The molecule has 0 aliphatic heterocycles. The van der Waals surface area contributed by atoms with Gasteiger partial charge in [0, 0.05) is 18.4 Å². The fraction of sp³-hybridized carbons (Fsp3) is 0.308. The molecule has 72 valence electrons. The molecule has 0 aromatic heterocycles. The molecular formula is C13H14O. The molecular weight excluding hydrogens is 172 g/mol. The molecule has 0 unspecified atom stereocenters. The predicted octanol–water partition coefficient (Wildman–Crippen LogP) is 2.72. The van der Waals surface area contributed by atoms with Crippen molar-refractivity contribution in [3.8, 4) is 11.8 Å². The predicted molar refractivity (Wildman–Crippen MR) is 58.0 cm³/mol. The third-order valence-electron chi connectivity index (χ3n) is 1.91. The van der Waals surface area contributed by atoms with Crippen LogP contribution in [0.2, 0.25) is 0 Å². The number of unbranched alkanes of at least 4 members (excludes halogenated alkanes) is 2. The SMILES string of the molecule is Cc1ccc(C#CCCCC=O)cc1. The van der Waals surface area contributed by atoms with E-state index in [4.69, 9.17) is 0 Å². The van der Waals surface area contributed by atoms with E-state index in [-0.39, 0.29) is 0 Å². The van der Waals surface area contributed by atoms with Crippen molar-refractivity contribution in [3.63, 3.8) is 0 Å². The summed E-state index contributed by atoms with van der Waals surface area (Å²) in [7, 11) is 0. The van der Waals surface area contributed by atoms with Gasteiger partial charge in [-0.2, -0.15) is 0 Å². The molecule has 1 heteroatoms. The molecule has 0 bridgehead atoms. The van der Waals surface area contributed by atoms with E-state index in [1.54, 1.807) is 0 Å². The first-order valence-electron chi connectivity index (χ1n) is 4.82. The van der Waals surface area contributed by atoms with Gasteiger partial charge >= 0.3 is 0 Å². The second kappa shape index (κ2) is 5.99. The summed E-state index contributed by atoms with van der Waals surface area (Å²) in [4.78, 5) is 10.0. The number of aldehydes is 1. The zero-order chi connectivity index (χ0) is 10.2. The highest BCUT2D eigenvalue weighted by Crippen LogP contribution is 2.01. The minimum Gasteiger partial charge on any atom is -0.303 e. The highest BCUT2D eigenvalue weighted by molar-refractivity contribution is 5.49. The highest BCUT2D eigenvalue weighted by Gasteiger charge is 1.85. The van der Waals surface area contributed by atoms with E-state index in [1.165, 1.54) is 5.56 Å². The molecule has 1 aromatic carbocycles. The zero-order valence-corrected chi connectivity index (χ0v) is 8.42. The number of aryl methyl sites for hydroxylation is 1. The molecule has 14 heavy (non-hydrogen) atoms. The zero-order valence-electron chi connectivity index (χ0n) is 8.42. The van der Waals surface area contributed by atoms with Crippen molar-refractivity contribution in [2.45, 2.75) is 26.2 Å². The fourth-order valence-corrected chi connectivity index (χ4v) is 1.08. The van der Waals surface area contributed by atoms with Gasteiger partial charge in [-0.05, 0) is 25.5 Å². The van der Waals surface area contributed by atoms with Gasteiger partial charge in [-0.15, -0.1) is 0 Å². The van der Waals surface area contributed by atoms with Gasteiger partial charge in [0.2, 0.25) is 0 Å². The van der Waals surface area contributed by atoms with E-state index in [0.29, 0.717) is 6.42 Å². The van der Waals surface area contributed by atoms with Crippen molar-refractivity contribution in [1.82, 2.24) is 0 Å². The van der Waals surface area contributed by atoms with Crippen molar-refractivity contribution in [2.75, 3.05) is 0 Å². The Balaban J connectivity index is 2.43. The number of hydrogen-bond donors (Lipinski definition) is 0. The summed E-state index contributed by atoms with van der Waals surface area (Å²) in [6, 6.07) is 8.13. The molecule has 0 amide bonds. The van der Waals surface area contributed by atoms with Crippen LogP contribution < -0.4 is 0 Å². The number of carbonyl (C=O) groups is 1. The van der Waals surface area contributed by atoms with Crippen molar-refractivity contribution in [2.24, 2.45) is 0 Å². The van der Waals surface area contributed by atoms with Gasteiger partial charge < -0.3 is 4.79 Å². The Kier molecular flexibility index (Phi) is 4.50. The van der Waals surface area contributed by atoms with Gasteiger partial charge in [0.15, 0.2) is 0 Å². The molecule has 0 saturated carbocycles. The fourth-order valence-electron chi connectivity index (χ4n) is 1.08. The molecule has 0 aliphatic rings. The van der Waals surface area contributed by atoms with Crippen LogP contribution >= 0.6 is 0 Å². The summed E-state index contributed by atoms with van der Waals surface area (Å²) in [6.45, 7) is 2.06. The summed E-state index contributed by atoms with van der Waals surface area (Å²) in [5, 5.41) is 0. The summed E-state index contributed by atoms with van der Waals surface area (Å²) in [5.74, 6) is 6.11. The van der Waals surface area contributed by atoms with Gasteiger partial charge in [0.05, 0.1) is 0 Å². The van der Waals surface area contributed by atoms with Crippen LogP contribution in [-0.4, -0.2) is 6.29 Å². The first-order chi connectivity index (χ1) is 6.83. The van der Waals surface area contributed by atoms with E-state index in [2.05, 4.69) is 30.9 Å². The normalized spacial score (nSPS) is 8.93. The summed E-state index contributed by atoms with van der Waals surface area (Å²) < 4.78 is 0. The second-order valence-corrected chi connectivity index (χ2v) is 3.23. The lowest BCUT2D eigenvalue weighted by atomic mass is 10.1. The maximum absolute atomic E-state index is 10.0. The van der Waals surface area contributed by atoms with Crippen molar-refractivity contribution in [1.29, 1.82) is 0 Å². The van der Waals surface area contributed by atoms with Gasteiger partial charge in [-0.1, -0.05) is 29.5 Å². The summed E-state index contributed by atoms with van der Waals surface area (Å²) in [5.41, 5.74) is 2.29. The number of benzene rings is 1. The van der Waals surface area contributed by atoms with Crippen molar-refractivity contribution in [3.05, 3.63) is 35.4 Å². The van der Waals surface area contributed by atoms with Crippen LogP contribution in [0.1, 0.15) is 30.4 Å². The monoisotopic (exact) mass is 186 g/mol. The molecule has 1 nitrogen and oxygen atoms in total. The summed E-state index contributed by atoms with van der Waals surface area (Å²) >= 11 is 0. The van der Waals surface area contributed by atoms with Gasteiger partial charge in [0.25, 0.3) is 0 Å². The van der Waals surface area contributed by atoms with E-state index in [9.17, 15) is 4.79 Å². The Labute approximate surface area is 85.1 Å². The lowest BCUT2D eigenvalue weighted by Crippen LogP contribution is -1.77. The van der Waals surface area contributed by atoms with Gasteiger partial charge in [-0.3, -0.25) is 0 Å². The first-order valence-corrected chi connectivity index (χ1v) is 4.82. The molecule has 1 rings (SSSR count). The molecule has 0 fully saturated rings. The number of rotatable bonds is 3. The highest BCUT2D eigenvalue weighted by atomic mass is 16.1. The summed E-state index contributed by atoms with van der Waals surface area (Å²) in [6.07, 6.45) is 3.21. The van der Waals surface area contributed by atoms with Crippen LogP contribution in [0.25, 0.3) is 0 Å². The maximum Gasteiger partial charge on any atom is 0.120 e. The average molecular weight is 186 g/mol. The Morgan fingerprint density at radius 3 is 2.64 bits per heavy atom. The quantitative estimate of drug-likeness (QED) is 0.403. The number of hydrogen-bond acceptors (Lipinski definition) is 1. The minimum absolute atomic E-state index is 0.614. The van der Waals surface area contributed by atoms with E-state index in [1.807, 2.05) is 12.1 Å². The average Bonchev–Trinajstić information content (AvgIpc) is 2.21. The lowest BCUT2D eigenvalue weighted by molar-refractivity contribution is -0.107. The van der Waals surface area contributed by atoms with Crippen LogP contribution in [0.4, 0.5) is 0 Å². The Morgan fingerprint density at radius 2 is 2.00 bits per heavy atom. The topological polar surface area (TPSA) is 17.1 Å². The van der Waals surface area contributed by atoms with Crippen LogP contribution in [0.5, 0.6) is 0 Å². The standard InChI is InChI=1S/C13H14O/c1-12-7-9-13(10-8-12)6-4-2-3-5-11-14/h7-11H,2-3,5H2,1H3. The minimum atomic E-state index is 0.614. The van der Waals surface area contributed by atoms with Crippen LogP contribution in [-0.2, 0) is 4.79 Å². The Hall–Kier alpha value is -1.55. The maximum atomic E-state index is 10.0. The van der Waals surface area contributed by atoms with Crippen molar-refractivity contribution >= 4 is 6.29 Å². The molecule has 0 N–H and O–H groups in total. The van der Waals surface area contributed by atoms with Crippen LogP contribution in [0.3, 0.4) is 0 Å². The van der Waals surface area contributed by atoms with E-state index in [0.717, 1.165) is 24.7 Å². The van der Waals surface area contributed by atoms with E-state index < -0.39 is 0 Å². The van der Waals surface area contributed by atoms with E-state index >= 15 is 0 Å². The third-order valence-corrected chi connectivity index (χ3v) is 1.91. The largest absolute Gasteiger partial charge is 0.303 e. The number of carbonyl (C=O) groups excluding carboxylic acids is 1. The molecule has 0 radical (unpaired) electrons. The lowest BCUT2D eigenvalue weighted by Gasteiger charge is -1.91. The van der Waals surface area contributed by atoms with Crippen molar-refractivity contribution < 1.29 is 4.79 Å². The smallest absolute Gasteiger partial charge is 0.120 e. The molecule has 0 spiro atoms. The Morgan fingerprint density at radius 1 is 1.29 bits per heavy atom. The third kappa shape index (κ3) is 3.91. The Bertz CT molecular complexity index is 338. The second-order valence-electron chi connectivity index (χ2n) is 3.23. The first kappa shape index (κ1) is 10.5. The molecule has 0 aliphatic carbocycles. The molecule has 0 saturated heterocycles. The molecule has 0 heterocycles. The molecule has 0 atom stereocenters.